The van der Waals surface area contributed by atoms with E-state index in [2.05, 4.69) is 15.6 Å². The molecule has 1 saturated carbocycles. The maximum absolute atomic E-state index is 13.3. The largest absolute Gasteiger partial charge is 0.494 e. The van der Waals surface area contributed by atoms with Crippen LogP contribution in [-0.2, 0) is 15.1 Å². The number of pyridine rings is 1. The SMILES string of the molecule is Cc1ccc(C2=C(CNC(=O)C3CC3)C(=O)N[C@](C)(c3ccc(OCCCC(F)(F)F)cc3)C2)nc1. The van der Waals surface area contributed by atoms with Gasteiger partial charge in [0, 0.05) is 37.1 Å². The molecule has 2 amide bonds. The molecule has 1 atom stereocenters. The Morgan fingerprint density at radius 3 is 2.53 bits per heavy atom. The first-order chi connectivity index (χ1) is 17.0. The summed E-state index contributed by atoms with van der Waals surface area (Å²) in [4.78, 5) is 30.1. The van der Waals surface area contributed by atoms with E-state index in [0.717, 1.165) is 29.5 Å². The summed E-state index contributed by atoms with van der Waals surface area (Å²) in [7, 11) is 0. The second kappa shape index (κ2) is 10.3. The molecule has 2 aliphatic rings. The Hall–Kier alpha value is -3.36. The van der Waals surface area contributed by atoms with Gasteiger partial charge in [-0.15, -0.1) is 0 Å². The van der Waals surface area contributed by atoms with Gasteiger partial charge in [-0.2, -0.15) is 13.2 Å². The van der Waals surface area contributed by atoms with Gasteiger partial charge in [0.2, 0.25) is 11.8 Å². The third-order valence-electron chi connectivity index (χ3n) is 6.53. The number of nitrogens with zero attached hydrogens (tertiary/aromatic N) is 1. The molecule has 1 aromatic heterocycles. The average molecular weight is 502 g/mol. The van der Waals surface area contributed by atoms with Crippen LogP contribution in [0, 0.1) is 12.8 Å². The van der Waals surface area contributed by atoms with Crippen molar-refractivity contribution in [3.63, 3.8) is 0 Å². The van der Waals surface area contributed by atoms with Crippen molar-refractivity contribution in [1.82, 2.24) is 15.6 Å². The van der Waals surface area contributed by atoms with E-state index >= 15 is 0 Å². The van der Waals surface area contributed by atoms with Gasteiger partial charge in [-0.3, -0.25) is 14.6 Å². The number of nitrogens with one attached hydrogen (secondary N) is 2. The smallest absolute Gasteiger partial charge is 0.389 e. The first-order valence-corrected chi connectivity index (χ1v) is 12.1. The normalized spacial score (nSPS) is 20.2. The molecular weight excluding hydrogens is 471 g/mol. The standard InChI is InChI=1S/C27H30F3N3O3/c1-17-4-11-23(31-15-17)21-14-26(2,33-25(35)22(21)16-32-24(34)18-5-6-18)19-7-9-20(10-8-19)36-13-3-12-27(28,29)30/h4,7-11,15,18H,3,5-6,12-14,16H2,1-2H3,(H,32,34)(H,33,35)/t26-/m0/s1. The van der Waals surface area contributed by atoms with E-state index in [9.17, 15) is 22.8 Å². The number of aryl methyl sites for hydroxylation is 1. The Morgan fingerprint density at radius 1 is 1.19 bits per heavy atom. The van der Waals surface area contributed by atoms with E-state index in [4.69, 9.17) is 4.74 Å². The summed E-state index contributed by atoms with van der Waals surface area (Å²) in [6.45, 7) is 3.95. The number of hydrogen-bond donors (Lipinski definition) is 2. The quantitative estimate of drug-likeness (QED) is 0.483. The molecule has 1 aliphatic carbocycles. The van der Waals surface area contributed by atoms with Gasteiger partial charge in [-0.05, 0) is 68.0 Å². The summed E-state index contributed by atoms with van der Waals surface area (Å²) >= 11 is 0. The van der Waals surface area contributed by atoms with Crippen molar-refractivity contribution in [3.05, 3.63) is 65.0 Å². The number of hydrogen-bond acceptors (Lipinski definition) is 4. The van der Waals surface area contributed by atoms with Gasteiger partial charge in [0.1, 0.15) is 5.75 Å². The van der Waals surface area contributed by atoms with Crippen molar-refractivity contribution in [3.8, 4) is 5.75 Å². The number of ether oxygens (including phenoxy) is 1. The van der Waals surface area contributed by atoms with Crippen LogP contribution in [0.3, 0.4) is 0 Å². The fourth-order valence-electron chi connectivity index (χ4n) is 4.27. The number of carbonyl (C=O) groups is 2. The highest BCUT2D eigenvalue weighted by atomic mass is 19.4. The third kappa shape index (κ3) is 6.44. The van der Waals surface area contributed by atoms with Crippen LogP contribution in [0.4, 0.5) is 13.2 Å². The van der Waals surface area contributed by atoms with Crippen LogP contribution in [-0.4, -0.2) is 36.1 Å². The molecular formula is C27H30F3N3O3. The van der Waals surface area contributed by atoms with Gasteiger partial charge >= 0.3 is 6.18 Å². The highest BCUT2D eigenvalue weighted by molar-refractivity contribution is 6.04. The molecule has 0 bridgehead atoms. The number of amides is 2. The molecule has 2 N–H and O–H groups in total. The lowest BCUT2D eigenvalue weighted by Gasteiger charge is -2.37. The molecule has 1 fully saturated rings. The van der Waals surface area contributed by atoms with Crippen LogP contribution in [0.2, 0.25) is 0 Å². The summed E-state index contributed by atoms with van der Waals surface area (Å²) in [5, 5.41) is 5.98. The van der Waals surface area contributed by atoms with Crippen LogP contribution < -0.4 is 15.4 Å². The van der Waals surface area contributed by atoms with E-state index in [1.807, 2.05) is 26.0 Å². The number of rotatable bonds is 9. The number of halogens is 3. The van der Waals surface area contributed by atoms with Crippen molar-refractivity contribution >= 4 is 17.4 Å². The Kier molecular flexibility index (Phi) is 7.38. The molecule has 9 heteroatoms. The van der Waals surface area contributed by atoms with Crippen molar-refractivity contribution in [2.75, 3.05) is 13.2 Å². The summed E-state index contributed by atoms with van der Waals surface area (Å²) in [5.74, 6) is 0.194. The van der Waals surface area contributed by atoms with Crippen LogP contribution in [0.1, 0.15) is 55.8 Å². The molecule has 0 radical (unpaired) electrons. The summed E-state index contributed by atoms with van der Waals surface area (Å²) in [5.41, 5.74) is 3.01. The molecule has 2 heterocycles. The van der Waals surface area contributed by atoms with Gasteiger partial charge in [0.15, 0.2) is 0 Å². The van der Waals surface area contributed by atoms with E-state index in [1.54, 1.807) is 30.5 Å². The van der Waals surface area contributed by atoms with Gasteiger partial charge < -0.3 is 15.4 Å². The fourth-order valence-corrected chi connectivity index (χ4v) is 4.27. The van der Waals surface area contributed by atoms with Crippen molar-refractivity contribution in [2.24, 2.45) is 5.92 Å². The summed E-state index contributed by atoms with van der Waals surface area (Å²) in [6.07, 6.45) is -1.24. The Balaban J connectivity index is 1.52. The average Bonchev–Trinajstić information content (AvgIpc) is 3.67. The lowest BCUT2D eigenvalue weighted by molar-refractivity contribution is -0.136. The lowest BCUT2D eigenvalue weighted by Crippen LogP contribution is -2.49. The van der Waals surface area contributed by atoms with Crippen molar-refractivity contribution in [1.29, 1.82) is 0 Å². The molecule has 1 aliphatic heterocycles. The molecule has 1 aromatic carbocycles. The van der Waals surface area contributed by atoms with Crippen molar-refractivity contribution < 1.29 is 27.5 Å². The van der Waals surface area contributed by atoms with Crippen molar-refractivity contribution in [2.45, 2.75) is 57.7 Å². The van der Waals surface area contributed by atoms with Gasteiger partial charge in [0.25, 0.3) is 0 Å². The van der Waals surface area contributed by atoms with Gasteiger partial charge in [-0.25, -0.2) is 0 Å². The van der Waals surface area contributed by atoms with Gasteiger partial charge in [-0.1, -0.05) is 18.2 Å². The first kappa shape index (κ1) is 25.7. The Morgan fingerprint density at radius 2 is 1.92 bits per heavy atom. The second-order valence-electron chi connectivity index (χ2n) is 9.72. The summed E-state index contributed by atoms with van der Waals surface area (Å²) < 4.78 is 42.4. The lowest BCUT2D eigenvalue weighted by atomic mass is 9.79. The molecule has 0 spiro atoms. The van der Waals surface area contributed by atoms with Crippen LogP contribution in [0.5, 0.6) is 5.75 Å². The number of benzene rings is 1. The van der Waals surface area contributed by atoms with E-state index in [1.165, 1.54) is 0 Å². The molecule has 0 unspecified atom stereocenters. The molecule has 6 nitrogen and oxygen atoms in total. The minimum Gasteiger partial charge on any atom is -0.494 e. The van der Waals surface area contributed by atoms with E-state index in [-0.39, 0.29) is 37.3 Å². The maximum atomic E-state index is 13.3. The number of carbonyl (C=O) groups excluding carboxylic acids is 2. The molecule has 36 heavy (non-hydrogen) atoms. The molecule has 192 valence electrons. The topological polar surface area (TPSA) is 80.3 Å². The minimum absolute atomic E-state index is 0.0330. The highest BCUT2D eigenvalue weighted by Gasteiger charge is 2.38. The third-order valence-corrected chi connectivity index (χ3v) is 6.53. The van der Waals surface area contributed by atoms with Crippen LogP contribution >= 0.6 is 0 Å². The molecule has 4 rings (SSSR count). The number of aromatic nitrogens is 1. The van der Waals surface area contributed by atoms with Crippen LogP contribution in [0.15, 0.2) is 48.2 Å². The van der Waals surface area contributed by atoms with E-state index < -0.39 is 18.1 Å². The maximum Gasteiger partial charge on any atom is 0.389 e. The van der Waals surface area contributed by atoms with Crippen LogP contribution in [0.25, 0.3) is 5.57 Å². The zero-order valence-electron chi connectivity index (χ0n) is 20.4. The second-order valence-corrected chi connectivity index (χ2v) is 9.72. The minimum atomic E-state index is -4.20. The molecule has 2 aromatic rings. The monoisotopic (exact) mass is 501 g/mol. The predicted octanol–water partition coefficient (Wildman–Crippen LogP) is 4.83. The highest BCUT2D eigenvalue weighted by Crippen LogP contribution is 2.38. The summed E-state index contributed by atoms with van der Waals surface area (Å²) in [6, 6.07) is 10.8. The van der Waals surface area contributed by atoms with Gasteiger partial charge in [0.05, 0.1) is 17.8 Å². The zero-order valence-corrected chi connectivity index (χ0v) is 20.4. The number of alkyl halides is 3. The van der Waals surface area contributed by atoms with E-state index in [0.29, 0.717) is 23.4 Å². The Labute approximate surface area is 208 Å². The predicted molar refractivity (Wildman–Crippen MR) is 129 cm³/mol. The Bertz CT molecular complexity index is 1140. The fraction of sp³-hybridized carbons (Fsp3) is 0.444. The zero-order chi connectivity index (χ0) is 25.9. The first-order valence-electron chi connectivity index (χ1n) is 12.1. The molecule has 0 saturated heterocycles.